The number of rotatable bonds is 12. The number of carbonyl (C=O) groups excluding carboxylic acids is 1. The molecule has 0 fully saturated rings. The molecule has 0 unspecified atom stereocenters. The van der Waals surface area contributed by atoms with E-state index < -0.39 is 11.9 Å². The van der Waals surface area contributed by atoms with E-state index in [4.69, 9.17) is 9.47 Å². The van der Waals surface area contributed by atoms with Crippen molar-refractivity contribution in [3.63, 3.8) is 0 Å². The van der Waals surface area contributed by atoms with Gasteiger partial charge in [-0.15, -0.1) is 0 Å². The molecule has 12 nitrogen and oxygen atoms in total. The van der Waals surface area contributed by atoms with Gasteiger partial charge in [-0.2, -0.15) is 0 Å². The molecule has 2 heterocycles. The molecule has 0 radical (unpaired) electrons. The summed E-state index contributed by atoms with van der Waals surface area (Å²) in [7, 11) is 1.67. The van der Waals surface area contributed by atoms with Crippen LogP contribution in [0.1, 0.15) is 61.5 Å². The van der Waals surface area contributed by atoms with E-state index in [0.29, 0.717) is 59.9 Å². The molecule has 0 saturated carbocycles. The number of para-hydroxylation sites is 2. The minimum absolute atomic E-state index is 0.130. The maximum Gasteiger partial charge on any atom is 0.341 e. The van der Waals surface area contributed by atoms with Gasteiger partial charge in [0.2, 0.25) is 11.9 Å². The molecule has 0 aliphatic heterocycles. The fourth-order valence-electron chi connectivity index (χ4n) is 6.19. The molecule has 0 bridgehead atoms. The van der Waals surface area contributed by atoms with Crippen LogP contribution in [0.25, 0.3) is 22.3 Å². The van der Waals surface area contributed by atoms with Crippen LogP contribution in [-0.2, 0) is 17.8 Å². The number of aromatic hydroxyl groups is 1. The highest BCUT2D eigenvalue weighted by atomic mass is 16.5. The molecule has 4 aromatic carbocycles. The van der Waals surface area contributed by atoms with E-state index >= 15 is 0 Å². The minimum Gasteiger partial charge on any atom is -0.507 e. The quantitative estimate of drug-likeness (QED) is 0.0887. The number of phenols is 1. The van der Waals surface area contributed by atoms with Gasteiger partial charge in [0.15, 0.2) is 0 Å². The Kier molecular flexibility index (Phi) is 13.1. The van der Waals surface area contributed by atoms with Crippen molar-refractivity contribution in [3.05, 3.63) is 142 Å². The fraction of sp³-hybridized carbons (Fsp3) is 0.209. The average Bonchev–Trinajstić information content (AvgIpc) is 3.16. The Bertz CT molecular complexity index is 2260. The van der Waals surface area contributed by atoms with Crippen LogP contribution in [0.4, 0.5) is 11.9 Å². The number of nitrogens with zero attached hydrogens (tertiary/aromatic N) is 4. The Morgan fingerprint density at radius 1 is 0.600 bits per heavy atom. The number of methoxy groups -OCH3 is 1. The molecule has 0 amide bonds. The highest BCUT2D eigenvalue weighted by Crippen LogP contribution is 2.33. The normalized spacial score (nSPS) is 10.5. The third-order valence-electron chi connectivity index (χ3n) is 8.74. The molecule has 282 valence electrons. The number of phenolic OH excluding ortho intramolecular Hbond substituents is 1. The molecule has 0 aliphatic rings. The number of aryl methyl sites for hydroxylation is 4. The number of benzene rings is 4. The van der Waals surface area contributed by atoms with Gasteiger partial charge in [0.05, 0.1) is 36.5 Å². The van der Waals surface area contributed by atoms with Crippen molar-refractivity contribution in [2.45, 2.75) is 47.7 Å². The third kappa shape index (κ3) is 9.60. The molecule has 55 heavy (non-hydrogen) atoms. The second-order valence-electron chi connectivity index (χ2n) is 12.5. The van der Waals surface area contributed by atoms with E-state index in [9.17, 15) is 19.8 Å². The van der Waals surface area contributed by atoms with E-state index in [0.717, 1.165) is 39.1 Å². The van der Waals surface area contributed by atoms with E-state index in [1.165, 1.54) is 0 Å². The van der Waals surface area contributed by atoms with E-state index in [1.54, 1.807) is 53.9 Å². The van der Waals surface area contributed by atoms with Gasteiger partial charge >= 0.3 is 11.9 Å². The lowest BCUT2D eigenvalue weighted by atomic mass is 9.99. The first kappa shape index (κ1) is 39.4. The summed E-state index contributed by atoms with van der Waals surface area (Å²) < 4.78 is 10.6. The topological polar surface area (TPSA) is 169 Å². The number of esters is 1. The van der Waals surface area contributed by atoms with Gasteiger partial charge in [-0.1, -0.05) is 84.9 Å². The van der Waals surface area contributed by atoms with Gasteiger partial charge in [0.25, 0.3) is 0 Å². The molecule has 6 aromatic rings. The SMILES string of the molecule is CCOC(=O)c1c(C)nc(NCc2ccccc2-c2ccccc2OC)nc1C.Cc1nc(NCc2ccccc2-c2ccccc2O)nc(C)c1C(=O)O. The fourth-order valence-corrected chi connectivity index (χ4v) is 6.19. The molecule has 0 saturated heterocycles. The maximum atomic E-state index is 12.1. The van der Waals surface area contributed by atoms with Crippen LogP contribution in [0, 0.1) is 27.7 Å². The number of aromatic carboxylic acids is 1. The predicted molar refractivity (Wildman–Crippen MR) is 213 cm³/mol. The van der Waals surface area contributed by atoms with Crippen molar-refractivity contribution in [2.75, 3.05) is 24.4 Å². The maximum absolute atomic E-state index is 12.1. The largest absolute Gasteiger partial charge is 0.507 e. The highest BCUT2D eigenvalue weighted by Gasteiger charge is 2.18. The Morgan fingerprint density at radius 2 is 1.02 bits per heavy atom. The number of aromatic nitrogens is 4. The average molecular weight is 741 g/mol. The number of carbonyl (C=O) groups is 2. The summed E-state index contributed by atoms with van der Waals surface area (Å²) >= 11 is 0. The van der Waals surface area contributed by atoms with Gasteiger partial charge in [0.1, 0.15) is 22.6 Å². The Labute approximate surface area is 320 Å². The number of ether oxygens (including phenoxy) is 2. The zero-order chi connectivity index (χ0) is 39.5. The van der Waals surface area contributed by atoms with Gasteiger partial charge in [-0.25, -0.2) is 29.5 Å². The number of carboxylic acid groups (broad SMARTS) is 1. The van der Waals surface area contributed by atoms with Crippen molar-refractivity contribution in [3.8, 4) is 33.8 Å². The molecule has 0 atom stereocenters. The van der Waals surface area contributed by atoms with Gasteiger partial charge < -0.3 is 30.3 Å². The number of nitrogens with one attached hydrogen (secondary N) is 2. The number of carboxylic acids is 1. The number of hydrogen-bond donors (Lipinski definition) is 4. The Hall–Kier alpha value is -6.82. The molecule has 0 aliphatic carbocycles. The number of hydrogen-bond acceptors (Lipinski definition) is 11. The van der Waals surface area contributed by atoms with Crippen LogP contribution < -0.4 is 15.4 Å². The molecule has 6 rings (SSSR count). The first-order chi connectivity index (χ1) is 26.5. The second kappa shape index (κ2) is 18.3. The summed E-state index contributed by atoms with van der Waals surface area (Å²) in [6.07, 6.45) is 0. The molecule has 4 N–H and O–H groups in total. The predicted octanol–water partition coefficient (Wildman–Crippen LogP) is 8.33. The first-order valence-electron chi connectivity index (χ1n) is 17.7. The third-order valence-corrected chi connectivity index (χ3v) is 8.74. The van der Waals surface area contributed by atoms with Crippen LogP contribution in [0.15, 0.2) is 97.1 Å². The van der Waals surface area contributed by atoms with Crippen molar-refractivity contribution in [2.24, 2.45) is 0 Å². The summed E-state index contributed by atoms with van der Waals surface area (Å²) in [6, 6.07) is 31.0. The van der Waals surface area contributed by atoms with E-state index in [1.807, 2.05) is 72.8 Å². The summed E-state index contributed by atoms with van der Waals surface area (Å²) in [5, 5.41) is 25.8. The van der Waals surface area contributed by atoms with Crippen LogP contribution in [0.2, 0.25) is 0 Å². The van der Waals surface area contributed by atoms with Gasteiger partial charge in [-0.05, 0) is 69.0 Å². The standard InChI is InChI=1S/C23H25N3O3.C20H19N3O3/c1-5-29-22(27)21-15(2)25-23(26-16(21)3)24-14-17-10-6-7-11-18(17)19-12-8-9-13-20(19)28-4;1-12-18(19(25)26)13(2)23-20(22-12)21-11-14-7-3-4-8-15(14)16-9-5-6-10-17(16)24/h6-13H,5,14H2,1-4H3,(H,24,25,26);3-10,24H,11H2,1-2H3,(H,25,26)(H,21,22,23). The Morgan fingerprint density at radius 3 is 1.49 bits per heavy atom. The first-order valence-corrected chi connectivity index (χ1v) is 17.7. The van der Waals surface area contributed by atoms with Gasteiger partial charge in [0, 0.05) is 24.2 Å². The van der Waals surface area contributed by atoms with E-state index in [-0.39, 0.29) is 11.3 Å². The van der Waals surface area contributed by atoms with E-state index in [2.05, 4.69) is 42.7 Å². The van der Waals surface area contributed by atoms with Crippen molar-refractivity contribution < 1.29 is 29.3 Å². The lowest BCUT2D eigenvalue weighted by molar-refractivity contribution is 0.0523. The smallest absolute Gasteiger partial charge is 0.341 e. The lowest BCUT2D eigenvalue weighted by Crippen LogP contribution is -2.14. The molecular weight excluding hydrogens is 697 g/mol. The zero-order valence-electron chi connectivity index (χ0n) is 31.7. The molecule has 2 aromatic heterocycles. The van der Waals surface area contributed by atoms with Crippen LogP contribution in [0.5, 0.6) is 11.5 Å². The summed E-state index contributed by atoms with van der Waals surface area (Å²) in [5.41, 5.74) is 8.40. The number of anilines is 2. The summed E-state index contributed by atoms with van der Waals surface area (Å²) in [5.74, 6) is 0.461. The molecule has 12 heteroatoms. The molecule has 0 spiro atoms. The zero-order valence-corrected chi connectivity index (χ0v) is 31.7. The molecular formula is C43H44N6O6. The Balaban J connectivity index is 0.000000212. The second-order valence-corrected chi connectivity index (χ2v) is 12.5. The summed E-state index contributed by atoms with van der Waals surface area (Å²) in [6.45, 7) is 9.94. The highest BCUT2D eigenvalue weighted by molar-refractivity contribution is 5.92. The monoisotopic (exact) mass is 740 g/mol. The minimum atomic E-state index is -1.03. The van der Waals surface area contributed by atoms with Crippen LogP contribution >= 0.6 is 0 Å². The van der Waals surface area contributed by atoms with Crippen molar-refractivity contribution in [1.82, 2.24) is 19.9 Å². The summed E-state index contributed by atoms with van der Waals surface area (Å²) in [4.78, 5) is 40.7. The van der Waals surface area contributed by atoms with Crippen LogP contribution in [-0.4, -0.2) is 55.8 Å². The van der Waals surface area contributed by atoms with Crippen LogP contribution in [0.3, 0.4) is 0 Å². The van der Waals surface area contributed by atoms with Crippen molar-refractivity contribution >= 4 is 23.8 Å². The lowest BCUT2D eigenvalue weighted by Gasteiger charge is -2.15. The van der Waals surface area contributed by atoms with Gasteiger partial charge in [-0.3, -0.25) is 0 Å². The van der Waals surface area contributed by atoms with Crippen molar-refractivity contribution in [1.29, 1.82) is 0 Å².